The van der Waals surface area contributed by atoms with Crippen LogP contribution in [0.4, 0.5) is 8.78 Å². The van der Waals surface area contributed by atoms with E-state index >= 15 is 0 Å². The summed E-state index contributed by atoms with van der Waals surface area (Å²) in [6, 6.07) is 0.660. The molecule has 0 spiro atoms. The van der Waals surface area contributed by atoms with Crippen LogP contribution in [-0.4, -0.2) is 30.8 Å². The summed E-state index contributed by atoms with van der Waals surface area (Å²) < 4.78 is 26.9. The van der Waals surface area contributed by atoms with E-state index in [0.29, 0.717) is 6.07 Å². The van der Waals surface area contributed by atoms with Crippen molar-refractivity contribution in [3.8, 4) is 5.82 Å². The monoisotopic (exact) mass is 240 g/mol. The van der Waals surface area contributed by atoms with Crippen LogP contribution in [0.1, 0.15) is 5.82 Å². The molecule has 0 bridgehead atoms. The first-order valence-electron chi connectivity index (χ1n) is 4.33. The average molecular weight is 240 g/mol. The zero-order chi connectivity index (χ0) is 12.4. The molecule has 2 aromatic heterocycles. The van der Waals surface area contributed by atoms with Crippen LogP contribution >= 0.6 is 0 Å². The molecule has 2 heterocycles. The van der Waals surface area contributed by atoms with Gasteiger partial charge in [-0.05, 0) is 0 Å². The highest BCUT2D eigenvalue weighted by Gasteiger charge is 2.12. The molecule has 0 aliphatic heterocycles. The van der Waals surface area contributed by atoms with Crippen LogP contribution in [0.3, 0.4) is 0 Å². The first-order chi connectivity index (χ1) is 8.11. The third-order valence-corrected chi connectivity index (χ3v) is 1.83. The largest absolute Gasteiger partial charge is 0.409 e. The second-order valence-corrected chi connectivity index (χ2v) is 2.96. The van der Waals surface area contributed by atoms with Gasteiger partial charge in [0.2, 0.25) is 11.7 Å². The van der Waals surface area contributed by atoms with Gasteiger partial charge in [0, 0.05) is 6.07 Å². The highest BCUT2D eigenvalue weighted by molar-refractivity contribution is 5.93. The molecule has 0 aliphatic rings. The maximum absolute atomic E-state index is 13.3. The molecule has 88 valence electrons. The fraction of sp³-hybridized carbons (Fsp3) is 0. The van der Waals surface area contributed by atoms with Gasteiger partial charge >= 0.3 is 0 Å². The van der Waals surface area contributed by atoms with E-state index in [1.54, 1.807) is 0 Å². The van der Waals surface area contributed by atoms with Crippen molar-refractivity contribution in [3.05, 3.63) is 36.0 Å². The Labute approximate surface area is 93.2 Å². The second-order valence-electron chi connectivity index (χ2n) is 2.96. The quantitative estimate of drug-likeness (QED) is 0.334. The van der Waals surface area contributed by atoms with Crippen LogP contribution in [0.5, 0.6) is 0 Å². The van der Waals surface area contributed by atoms with E-state index in [1.165, 1.54) is 0 Å². The van der Waals surface area contributed by atoms with Crippen molar-refractivity contribution in [2.75, 3.05) is 0 Å². The van der Waals surface area contributed by atoms with Crippen molar-refractivity contribution in [2.45, 2.75) is 0 Å². The lowest BCUT2D eigenvalue weighted by Gasteiger charge is -2.00. The van der Waals surface area contributed by atoms with Gasteiger partial charge in [0.1, 0.15) is 12.1 Å². The molecule has 0 aliphatic carbocycles. The maximum atomic E-state index is 13.3. The lowest BCUT2D eigenvalue weighted by atomic mass is 10.4. The first-order valence-corrected chi connectivity index (χ1v) is 4.33. The Kier molecular flexibility index (Phi) is 2.65. The number of pyridine rings is 1. The van der Waals surface area contributed by atoms with Crippen molar-refractivity contribution < 1.29 is 14.0 Å². The Bertz CT molecular complexity index is 581. The zero-order valence-corrected chi connectivity index (χ0v) is 8.25. The van der Waals surface area contributed by atoms with Crippen molar-refractivity contribution >= 4 is 5.84 Å². The van der Waals surface area contributed by atoms with Crippen molar-refractivity contribution in [2.24, 2.45) is 10.9 Å². The van der Waals surface area contributed by atoms with E-state index in [2.05, 4.69) is 20.2 Å². The van der Waals surface area contributed by atoms with E-state index in [4.69, 9.17) is 10.9 Å². The molecule has 9 heteroatoms. The summed E-state index contributed by atoms with van der Waals surface area (Å²) in [4.78, 5) is 7.18. The summed E-state index contributed by atoms with van der Waals surface area (Å²) in [5, 5.41) is 14.8. The molecule has 0 unspecified atom stereocenters. The van der Waals surface area contributed by atoms with Gasteiger partial charge in [-0.3, -0.25) is 0 Å². The van der Waals surface area contributed by atoms with Gasteiger partial charge in [0.25, 0.3) is 0 Å². The lowest BCUT2D eigenvalue weighted by Crippen LogP contribution is -2.15. The number of oxime groups is 1. The van der Waals surface area contributed by atoms with Crippen LogP contribution in [0.25, 0.3) is 5.82 Å². The SMILES string of the molecule is NC(=NO)c1ncn(-c2ncc(F)cc2F)n1. The Morgan fingerprint density at radius 3 is 2.82 bits per heavy atom. The minimum absolute atomic E-state index is 0.0991. The highest BCUT2D eigenvalue weighted by atomic mass is 19.1. The summed E-state index contributed by atoms with van der Waals surface area (Å²) in [6.07, 6.45) is 1.94. The molecule has 3 N–H and O–H groups in total. The molecule has 2 aromatic rings. The minimum Gasteiger partial charge on any atom is -0.409 e. The number of hydrogen-bond acceptors (Lipinski definition) is 5. The van der Waals surface area contributed by atoms with Crippen LogP contribution in [0.15, 0.2) is 23.7 Å². The predicted octanol–water partition coefficient (Wildman–Crippen LogP) is 0.0350. The Balaban J connectivity index is 2.44. The molecule has 17 heavy (non-hydrogen) atoms. The third kappa shape index (κ3) is 2.02. The minimum atomic E-state index is -0.902. The Morgan fingerprint density at radius 1 is 1.41 bits per heavy atom. The van der Waals surface area contributed by atoms with Crippen molar-refractivity contribution in [1.29, 1.82) is 0 Å². The molecular formula is C8H6F2N6O. The molecule has 7 nitrogen and oxygen atoms in total. The zero-order valence-electron chi connectivity index (χ0n) is 8.25. The van der Waals surface area contributed by atoms with E-state index in [1.807, 2.05) is 0 Å². The van der Waals surface area contributed by atoms with Gasteiger partial charge < -0.3 is 10.9 Å². The van der Waals surface area contributed by atoms with Crippen LogP contribution < -0.4 is 5.73 Å². The predicted molar refractivity (Wildman–Crippen MR) is 51.6 cm³/mol. The molecular weight excluding hydrogens is 234 g/mol. The van der Waals surface area contributed by atoms with Gasteiger partial charge in [0.15, 0.2) is 11.6 Å². The third-order valence-electron chi connectivity index (χ3n) is 1.83. The Morgan fingerprint density at radius 2 is 2.18 bits per heavy atom. The summed E-state index contributed by atoms with van der Waals surface area (Å²) in [7, 11) is 0. The number of rotatable bonds is 2. The smallest absolute Gasteiger partial charge is 0.220 e. The molecule has 0 atom stereocenters. The van der Waals surface area contributed by atoms with Gasteiger partial charge in [-0.15, -0.1) is 5.10 Å². The Hall–Kier alpha value is -2.58. The van der Waals surface area contributed by atoms with E-state index in [0.717, 1.165) is 17.2 Å². The van der Waals surface area contributed by atoms with Crippen LogP contribution in [0, 0.1) is 11.6 Å². The number of nitrogens with zero attached hydrogens (tertiary/aromatic N) is 5. The standard InChI is InChI=1S/C8H6F2N6O/c9-4-1-5(10)8(12-2-4)16-3-13-7(14-16)6(11)15-17/h1-3,17H,(H2,11,15). The summed E-state index contributed by atoms with van der Waals surface area (Å²) in [5.41, 5.74) is 5.24. The van der Waals surface area contributed by atoms with Crippen molar-refractivity contribution in [1.82, 2.24) is 19.7 Å². The normalized spacial score (nSPS) is 11.8. The van der Waals surface area contributed by atoms with Crippen molar-refractivity contribution in [3.63, 3.8) is 0 Å². The topological polar surface area (TPSA) is 102 Å². The average Bonchev–Trinajstić information content (AvgIpc) is 2.77. The van der Waals surface area contributed by atoms with Gasteiger partial charge in [-0.2, -0.15) is 4.68 Å². The fourth-order valence-electron chi connectivity index (χ4n) is 1.10. The van der Waals surface area contributed by atoms with E-state index < -0.39 is 11.6 Å². The van der Waals surface area contributed by atoms with Crippen LogP contribution in [0.2, 0.25) is 0 Å². The van der Waals surface area contributed by atoms with Gasteiger partial charge in [0.05, 0.1) is 6.20 Å². The second kappa shape index (κ2) is 4.12. The summed E-state index contributed by atoms with van der Waals surface area (Å²) >= 11 is 0. The van der Waals surface area contributed by atoms with Gasteiger partial charge in [-0.25, -0.2) is 18.7 Å². The lowest BCUT2D eigenvalue weighted by molar-refractivity contribution is 0.318. The van der Waals surface area contributed by atoms with E-state index in [-0.39, 0.29) is 17.5 Å². The summed E-state index contributed by atoms with van der Waals surface area (Å²) in [5.74, 6) is -2.37. The molecule has 0 saturated carbocycles. The number of nitrogens with two attached hydrogens (primary N) is 1. The molecule has 0 aromatic carbocycles. The molecule has 0 radical (unpaired) electrons. The maximum Gasteiger partial charge on any atom is 0.220 e. The number of amidine groups is 1. The van der Waals surface area contributed by atoms with Gasteiger partial charge in [-0.1, -0.05) is 5.16 Å². The number of hydrogen-bond donors (Lipinski definition) is 2. The first kappa shape index (κ1) is 10.9. The molecule has 0 amide bonds. The molecule has 2 rings (SSSR count). The summed E-state index contributed by atoms with van der Waals surface area (Å²) in [6.45, 7) is 0. The van der Waals surface area contributed by atoms with E-state index in [9.17, 15) is 8.78 Å². The fourth-order valence-corrected chi connectivity index (χ4v) is 1.10. The number of halogens is 2. The van der Waals surface area contributed by atoms with Crippen LogP contribution in [-0.2, 0) is 0 Å². The molecule has 0 saturated heterocycles. The number of aromatic nitrogens is 4. The molecule has 0 fully saturated rings. The highest BCUT2D eigenvalue weighted by Crippen LogP contribution is 2.09.